The van der Waals surface area contributed by atoms with Crippen LogP contribution in [0.1, 0.15) is 46.0 Å². The van der Waals surface area contributed by atoms with Crippen LogP contribution >= 0.6 is 27.7 Å². The summed E-state index contributed by atoms with van der Waals surface area (Å²) in [4.78, 5) is 2.63. The van der Waals surface area contributed by atoms with Crippen LogP contribution in [0.4, 0.5) is 0 Å². The first-order valence-electron chi connectivity index (χ1n) is 7.01. The second-order valence-corrected chi connectivity index (χ2v) is 7.28. The standard InChI is InChI=1S/C14H28BrNS/c1-4-7-14(11-15,8-5-2)12-16(3)13-6-9-17-10-13/h13H,4-12H2,1-3H3. The van der Waals surface area contributed by atoms with Crippen LogP contribution in [-0.2, 0) is 0 Å². The Hall–Kier alpha value is 0.790. The van der Waals surface area contributed by atoms with Gasteiger partial charge in [0.05, 0.1) is 0 Å². The van der Waals surface area contributed by atoms with Gasteiger partial charge in [0.2, 0.25) is 0 Å². The van der Waals surface area contributed by atoms with E-state index < -0.39 is 0 Å². The van der Waals surface area contributed by atoms with Crippen LogP contribution in [0.5, 0.6) is 0 Å². The number of nitrogens with zero attached hydrogens (tertiary/aromatic N) is 1. The van der Waals surface area contributed by atoms with E-state index in [1.165, 1.54) is 50.2 Å². The molecular formula is C14H28BrNS. The lowest BCUT2D eigenvalue weighted by atomic mass is 9.80. The van der Waals surface area contributed by atoms with Gasteiger partial charge in [-0.25, -0.2) is 0 Å². The molecule has 0 N–H and O–H groups in total. The molecular weight excluding hydrogens is 294 g/mol. The van der Waals surface area contributed by atoms with Crippen molar-refractivity contribution in [1.82, 2.24) is 4.90 Å². The lowest BCUT2D eigenvalue weighted by Gasteiger charge is -2.38. The van der Waals surface area contributed by atoms with Crippen molar-refractivity contribution in [3.63, 3.8) is 0 Å². The third-order valence-corrected chi connectivity index (χ3v) is 6.29. The van der Waals surface area contributed by atoms with Gasteiger partial charge in [-0.15, -0.1) is 0 Å². The highest BCUT2D eigenvalue weighted by Gasteiger charge is 2.31. The van der Waals surface area contributed by atoms with E-state index >= 15 is 0 Å². The van der Waals surface area contributed by atoms with Gasteiger partial charge in [0.15, 0.2) is 0 Å². The Balaban J connectivity index is 2.56. The van der Waals surface area contributed by atoms with Crippen LogP contribution in [0.15, 0.2) is 0 Å². The SMILES string of the molecule is CCCC(CBr)(CCC)CN(C)C1CCSC1. The summed E-state index contributed by atoms with van der Waals surface area (Å²) >= 11 is 5.90. The van der Waals surface area contributed by atoms with Crippen LogP contribution in [0.3, 0.4) is 0 Å². The third kappa shape index (κ3) is 4.76. The largest absolute Gasteiger partial charge is 0.302 e. The summed E-state index contributed by atoms with van der Waals surface area (Å²) in [6.07, 6.45) is 6.71. The predicted molar refractivity (Wildman–Crippen MR) is 84.4 cm³/mol. The Morgan fingerprint density at radius 3 is 2.35 bits per heavy atom. The maximum atomic E-state index is 3.78. The van der Waals surface area contributed by atoms with Gasteiger partial charge >= 0.3 is 0 Å². The molecule has 0 aromatic rings. The number of alkyl halides is 1. The highest BCUT2D eigenvalue weighted by Crippen LogP contribution is 2.34. The van der Waals surface area contributed by atoms with Crippen LogP contribution in [0.2, 0.25) is 0 Å². The van der Waals surface area contributed by atoms with E-state index in [-0.39, 0.29) is 0 Å². The Morgan fingerprint density at radius 2 is 1.94 bits per heavy atom. The summed E-state index contributed by atoms with van der Waals surface area (Å²) in [6.45, 7) is 5.90. The van der Waals surface area contributed by atoms with Crippen molar-refractivity contribution in [2.24, 2.45) is 5.41 Å². The van der Waals surface area contributed by atoms with E-state index in [1.54, 1.807) is 0 Å². The summed E-state index contributed by atoms with van der Waals surface area (Å²) in [7, 11) is 2.33. The average Bonchev–Trinajstić information content (AvgIpc) is 2.83. The van der Waals surface area contributed by atoms with Gasteiger partial charge in [0.1, 0.15) is 0 Å². The Bertz CT molecular complexity index is 198. The smallest absolute Gasteiger partial charge is 0.0191 e. The second kappa shape index (κ2) is 8.06. The lowest BCUT2D eigenvalue weighted by Crippen LogP contribution is -2.42. The fourth-order valence-electron chi connectivity index (χ4n) is 3.05. The predicted octanol–water partition coefficient (Wildman–Crippen LogP) is 4.41. The molecule has 1 atom stereocenters. The van der Waals surface area contributed by atoms with Crippen molar-refractivity contribution in [2.75, 3.05) is 30.4 Å². The van der Waals surface area contributed by atoms with Crippen molar-refractivity contribution >= 4 is 27.7 Å². The fourth-order valence-corrected chi connectivity index (χ4v) is 5.08. The van der Waals surface area contributed by atoms with E-state index in [4.69, 9.17) is 0 Å². The molecule has 102 valence electrons. The van der Waals surface area contributed by atoms with Gasteiger partial charge in [-0.1, -0.05) is 42.6 Å². The minimum absolute atomic E-state index is 0.505. The van der Waals surface area contributed by atoms with Crippen molar-refractivity contribution < 1.29 is 0 Å². The van der Waals surface area contributed by atoms with Crippen molar-refractivity contribution in [3.8, 4) is 0 Å². The monoisotopic (exact) mass is 321 g/mol. The Kier molecular flexibility index (Phi) is 7.51. The molecule has 0 spiro atoms. The molecule has 1 aliphatic rings. The summed E-state index contributed by atoms with van der Waals surface area (Å²) in [6, 6.07) is 0.826. The molecule has 1 rings (SSSR count). The molecule has 1 heterocycles. The zero-order valence-corrected chi connectivity index (χ0v) is 14.1. The molecule has 0 bridgehead atoms. The van der Waals surface area contributed by atoms with E-state index in [0.29, 0.717) is 5.41 Å². The maximum Gasteiger partial charge on any atom is 0.0191 e. The van der Waals surface area contributed by atoms with Crippen molar-refractivity contribution in [2.45, 2.75) is 52.0 Å². The first-order valence-corrected chi connectivity index (χ1v) is 9.29. The van der Waals surface area contributed by atoms with Gasteiger partial charge in [0, 0.05) is 23.7 Å². The molecule has 0 aromatic heterocycles. The quantitative estimate of drug-likeness (QED) is 0.609. The first-order chi connectivity index (χ1) is 8.17. The first kappa shape index (κ1) is 15.8. The molecule has 0 amide bonds. The molecule has 0 aromatic carbocycles. The highest BCUT2D eigenvalue weighted by molar-refractivity contribution is 9.09. The zero-order valence-electron chi connectivity index (χ0n) is 11.7. The summed E-state index contributed by atoms with van der Waals surface area (Å²) in [5, 5.41) is 1.16. The Morgan fingerprint density at radius 1 is 1.29 bits per heavy atom. The minimum atomic E-state index is 0.505. The molecule has 17 heavy (non-hydrogen) atoms. The van der Waals surface area contributed by atoms with Crippen LogP contribution < -0.4 is 0 Å². The molecule has 1 saturated heterocycles. The van der Waals surface area contributed by atoms with Crippen LogP contribution in [0.25, 0.3) is 0 Å². The normalized spacial score (nSPS) is 21.4. The summed E-state index contributed by atoms with van der Waals surface area (Å²) in [5.41, 5.74) is 0.505. The van der Waals surface area contributed by atoms with Crippen LogP contribution in [0, 0.1) is 5.41 Å². The van der Waals surface area contributed by atoms with Crippen molar-refractivity contribution in [3.05, 3.63) is 0 Å². The molecule has 3 heteroatoms. The maximum absolute atomic E-state index is 3.78. The lowest BCUT2D eigenvalue weighted by molar-refractivity contribution is 0.142. The molecule has 1 fully saturated rings. The second-order valence-electron chi connectivity index (χ2n) is 5.57. The van der Waals surface area contributed by atoms with Gasteiger partial charge in [-0.3, -0.25) is 0 Å². The summed E-state index contributed by atoms with van der Waals surface area (Å²) in [5.74, 6) is 2.70. The zero-order chi connectivity index (χ0) is 12.7. The molecule has 1 nitrogen and oxygen atoms in total. The van der Waals surface area contributed by atoms with Crippen LogP contribution in [-0.4, -0.2) is 41.4 Å². The fraction of sp³-hybridized carbons (Fsp3) is 1.00. The Labute approximate surface area is 120 Å². The summed E-state index contributed by atoms with van der Waals surface area (Å²) < 4.78 is 0. The minimum Gasteiger partial charge on any atom is -0.302 e. The highest BCUT2D eigenvalue weighted by atomic mass is 79.9. The number of hydrogen-bond donors (Lipinski definition) is 0. The molecule has 1 unspecified atom stereocenters. The van der Waals surface area contributed by atoms with E-state index in [1.807, 2.05) is 0 Å². The molecule has 0 aliphatic carbocycles. The average molecular weight is 322 g/mol. The third-order valence-electron chi connectivity index (χ3n) is 3.96. The van der Waals surface area contributed by atoms with Gasteiger partial charge in [0.25, 0.3) is 0 Å². The topological polar surface area (TPSA) is 3.24 Å². The van der Waals surface area contributed by atoms with E-state index in [9.17, 15) is 0 Å². The van der Waals surface area contributed by atoms with Crippen molar-refractivity contribution in [1.29, 1.82) is 0 Å². The number of hydrogen-bond acceptors (Lipinski definition) is 2. The van der Waals surface area contributed by atoms with Gasteiger partial charge in [-0.2, -0.15) is 11.8 Å². The number of halogens is 1. The van der Waals surface area contributed by atoms with Gasteiger partial charge in [-0.05, 0) is 37.5 Å². The van der Waals surface area contributed by atoms with E-state index in [0.717, 1.165) is 11.4 Å². The number of thioether (sulfide) groups is 1. The molecule has 0 saturated carbocycles. The van der Waals surface area contributed by atoms with E-state index in [2.05, 4.69) is 53.5 Å². The van der Waals surface area contributed by atoms with Gasteiger partial charge < -0.3 is 4.90 Å². The molecule has 0 radical (unpaired) electrons. The number of rotatable bonds is 8. The molecule has 1 aliphatic heterocycles.